The predicted octanol–water partition coefficient (Wildman–Crippen LogP) is 16.1. The van der Waals surface area contributed by atoms with Gasteiger partial charge in [-0.05, 0) is 51.4 Å². The zero-order chi connectivity index (χ0) is 43.7. The highest BCUT2D eigenvalue weighted by atomic mass is 16.5. The minimum absolute atomic E-state index is 0.00462. The lowest BCUT2D eigenvalue weighted by molar-refractivity contribution is -0.143. The fraction of sp³-hybridized carbons (Fsp3) is 0.926. The van der Waals surface area contributed by atoms with Gasteiger partial charge < -0.3 is 20.3 Å². The molecule has 0 aliphatic heterocycles. The van der Waals surface area contributed by atoms with Gasteiger partial charge in [-0.3, -0.25) is 9.59 Å². The fourth-order valence-corrected chi connectivity index (χ4v) is 8.40. The van der Waals surface area contributed by atoms with Gasteiger partial charge in [0.2, 0.25) is 5.91 Å². The summed E-state index contributed by atoms with van der Waals surface area (Å²) in [4.78, 5) is 24.4. The molecule has 0 fully saturated rings. The molecule has 0 aliphatic rings. The number of rotatable bonds is 50. The van der Waals surface area contributed by atoms with Gasteiger partial charge in [0.15, 0.2) is 0 Å². The third-order valence-corrected chi connectivity index (χ3v) is 12.6. The van der Waals surface area contributed by atoms with E-state index in [1.54, 1.807) is 0 Å². The zero-order valence-corrected chi connectivity index (χ0v) is 40.5. The average Bonchev–Trinajstić information content (AvgIpc) is 3.25. The summed E-state index contributed by atoms with van der Waals surface area (Å²) in [5.74, 6) is -0.0445. The van der Waals surface area contributed by atoms with Gasteiger partial charge in [0, 0.05) is 12.8 Å². The lowest BCUT2D eigenvalue weighted by Gasteiger charge is -2.22. The van der Waals surface area contributed by atoms with E-state index in [4.69, 9.17) is 4.74 Å². The molecule has 0 aliphatic carbocycles. The fourth-order valence-electron chi connectivity index (χ4n) is 8.40. The first-order valence-corrected chi connectivity index (χ1v) is 26.9. The van der Waals surface area contributed by atoms with Crippen LogP contribution in [-0.4, -0.2) is 47.4 Å². The number of hydrogen-bond acceptors (Lipinski definition) is 5. The van der Waals surface area contributed by atoms with E-state index in [2.05, 4.69) is 31.3 Å². The first-order valence-electron chi connectivity index (χ1n) is 26.9. The lowest BCUT2D eigenvalue weighted by atomic mass is 10.0. The van der Waals surface area contributed by atoms with Crippen LogP contribution in [0.3, 0.4) is 0 Å². The van der Waals surface area contributed by atoms with Crippen LogP contribution in [-0.2, 0) is 14.3 Å². The average molecular weight is 848 g/mol. The van der Waals surface area contributed by atoms with Crippen LogP contribution in [0.4, 0.5) is 0 Å². The molecule has 0 radical (unpaired) electrons. The topological polar surface area (TPSA) is 95.9 Å². The summed E-state index contributed by atoms with van der Waals surface area (Å²) in [7, 11) is 0. The molecule has 0 aromatic heterocycles. The number of nitrogens with one attached hydrogen (secondary N) is 1. The normalized spacial score (nSPS) is 12.7. The largest absolute Gasteiger partial charge is 0.466 e. The Morgan fingerprint density at radius 1 is 0.450 bits per heavy atom. The number of ether oxygens (including phenoxy) is 1. The molecule has 2 unspecified atom stereocenters. The Labute approximate surface area is 374 Å². The van der Waals surface area contributed by atoms with Crippen molar-refractivity contribution in [3.8, 4) is 0 Å². The molecule has 0 aromatic rings. The molecule has 2 atom stereocenters. The van der Waals surface area contributed by atoms with Gasteiger partial charge in [-0.15, -0.1) is 0 Å². The molecule has 0 bridgehead atoms. The van der Waals surface area contributed by atoms with Gasteiger partial charge in [-0.25, -0.2) is 0 Å². The van der Waals surface area contributed by atoms with E-state index >= 15 is 0 Å². The number of esters is 1. The monoisotopic (exact) mass is 848 g/mol. The van der Waals surface area contributed by atoms with Crippen molar-refractivity contribution in [2.45, 2.75) is 309 Å². The number of unbranched alkanes of at least 4 members (excludes halogenated alkanes) is 37. The van der Waals surface area contributed by atoms with Crippen molar-refractivity contribution in [1.82, 2.24) is 5.32 Å². The van der Waals surface area contributed by atoms with Crippen LogP contribution in [0.5, 0.6) is 0 Å². The Morgan fingerprint density at radius 2 is 0.783 bits per heavy atom. The first-order chi connectivity index (χ1) is 29.5. The number of allylic oxidation sites excluding steroid dienone is 2. The van der Waals surface area contributed by atoms with Crippen LogP contribution >= 0.6 is 0 Å². The maximum atomic E-state index is 12.4. The summed E-state index contributed by atoms with van der Waals surface area (Å²) >= 11 is 0. The van der Waals surface area contributed by atoms with Crippen LogP contribution in [0.1, 0.15) is 296 Å². The molecule has 3 N–H and O–H groups in total. The number of carbonyl (C=O) groups excluding carboxylic acids is 2. The molecule has 1 amide bonds. The quantitative estimate of drug-likeness (QED) is 0.0322. The molecule has 0 rings (SSSR count). The number of amides is 1. The van der Waals surface area contributed by atoms with Crippen molar-refractivity contribution >= 4 is 11.9 Å². The Hall–Kier alpha value is -1.40. The zero-order valence-electron chi connectivity index (χ0n) is 40.5. The van der Waals surface area contributed by atoms with Crippen LogP contribution in [0.25, 0.3) is 0 Å². The van der Waals surface area contributed by atoms with E-state index in [1.165, 1.54) is 205 Å². The van der Waals surface area contributed by atoms with E-state index < -0.39 is 12.1 Å². The molecule has 0 spiro atoms. The van der Waals surface area contributed by atoms with Gasteiger partial charge in [0.05, 0.1) is 25.4 Å². The first kappa shape index (κ1) is 58.6. The maximum absolute atomic E-state index is 12.4. The van der Waals surface area contributed by atoms with Crippen LogP contribution in [0.2, 0.25) is 0 Å². The van der Waals surface area contributed by atoms with E-state index in [0.29, 0.717) is 25.9 Å². The number of aliphatic hydroxyl groups excluding tert-OH is 2. The van der Waals surface area contributed by atoms with E-state index in [9.17, 15) is 19.8 Å². The molecule has 0 aromatic carbocycles. The Kier molecular flexibility index (Phi) is 49.1. The minimum atomic E-state index is -0.670. The second kappa shape index (κ2) is 50.2. The van der Waals surface area contributed by atoms with E-state index in [-0.39, 0.29) is 18.5 Å². The van der Waals surface area contributed by atoms with Gasteiger partial charge in [-0.2, -0.15) is 0 Å². The maximum Gasteiger partial charge on any atom is 0.305 e. The van der Waals surface area contributed by atoms with Crippen molar-refractivity contribution in [3.05, 3.63) is 12.2 Å². The van der Waals surface area contributed by atoms with Gasteiger partial charge in [0.1, 0.15) is 0 Å². The molecule has 6 nitrogen and oxygen atoms in total. The Balaban J connectivity index is 3.43. The summed E-state index contributed by atoms with van der Waals surface area (Å²) in [6.07, 6.45) is 57.6. The highest BCUT2D eigenvalue weighted by Crippen LogP contribution is 2.17. The molecular weight excluding hydrogens is 743 g/mol. The summed E-state index contributed by atoms with van der Waals surface area (Å²) in [5, 5.41) is 23.2. The summed E-state index contributed by atoms with van der Waals surface area (Å²) in [5.41, 5.74) is 0. The summed E-state index contributed by atoms with van der Waals surface area (Å²) in [6.45, 7) is 4.94. The lowest BCUT2D eigenvalue weighted by Crippen LogP contribution is -2.45. The summed E-state index contributed by atoms with van der Waals surface area (Å²) in [6, 6.07) is -0.549. The Morgan fingerprint density at radius 3 is 1.18 bits per heavy atom. The molecule has 6 heteroatoms. The Bertz CT molecular complexity index is 893. The molecule has 0 saturated heterocycles. The third kappa shape index (κ3) is 46.1. The SMILES string of the molecule is CCCCCCCCCCCCCCCC(=O)OCCCCCCCCCCC/C=C\CCCCCCCC(=O)NC(CO)C(O)CCCCCCCCCCCCCC. The number of aliphatic hydroxyl groups is 2. The van der Waals surface area contributed by atoms with Crippen LogP contribution < -0.4 is 5.32 Å². The smallest absolute Gasteiger partial charge is 0.305 e. The predicted molar refractivity (Wildman–Crippen MR) is 260 cm³/mol. The highest BCUT2D eigenvalue weighted by molar-refractivity contribution is 5.76. The number of carbonyl (C=O) groups is 2. The van der Waals surface area contributed by atoms with Gasteiger partial charge in [0.25, 0.3) is 0 Å². The highest BCUT2D eigenvalue weighted by Gasteiger charge is 2.20. The second-order valence-corrected chi connectivity index (χ2v) is 18.6. The van der Waals surface area contributed by atoms with Crippen molar-refractivity contribution in [2.75, 3.05) is 13.2 Å². The van der Waals surface area contributed by atoms with E-state index in [1.807, 2.05) is 0 Å². The summed E-state index contributed by atoms with van der Waals surface area (Å²) < 4.78 is 5.46. The van der Waals surface area contributed by atoms with Crippen LogP contribution in [0.15, 0.2) is 12.2 Å². The molecule has 60 heavy (non-hydrogen) atoms. The third-order valence-electron chi connectivity index (χ3n) is 12.6. The number of hydrogen-bond donors (Lipinski definition) is 3. The van der Waals surface area contributed by atoms with Crippen LogP contribution in [0, 0.1) is 0 Å². The van der Waals surface area contributed by atoms with E-state index in [0.717, 1.165) is 57.8 Å². The van der Waals surface area contributed by atoms with Crippen molar-refractivity contribution in [1.29, 1.82) is 0 Å². The standard InChI is InChI=1S/C54H105NO5/c1-3-5-7-9-11-13-15-23-28-32-36-40-44-48-54(59)60-49-45-41-37-33-29-25-22-20-18-17-19-21-24-27-31-35-39-43-47-53(58)55-51(50-56)52(57)46-42-38-34-30-26-16-14-12-10-8-6-4-2/h19,21,51-52,56-57H,3-18,20,22-50H2,1-2H3,(H,55,58)/b21-19-. The molecule has 356 valence electrons. The minimum Gasteiger partial charge on any atom is -0.466 e. The van der Waals surface area contributed by atoms with Gasteiger partial charge >= 0.3 is 5.97 Å². The van der Waals surface area contributed by atoms with Gasteiger partial charge in [-0.1, -0.05) is 244 Å². The second-order valence-electron chi connectivity index (χ2n) is 18.6. The molecular formula is C54H105NO5. The molecule has 0 heterocycles. The van der Waals surface area contributed by atoms with Crippen molar-refractivity contribution in [3.63, 3.8) is 0 Å². The van der Waals surface area contributed by atoms with Crippen molar-refractivity contribution in [2.24, 2.45) is 0 Å². The molecule has 0 saturated carbocycles. The van der Waals surface area contributed by atoms with Crippen molar-refractivity contribution < 1.29 is 24.5 Å².